The highest BCUT2D eigenvalue weighted by molar-refractivity contribution is 5.87. The topological polar surface area (TPSA) is 29.0 Å². The predicted molar refractivity (Wildman–Crippen MR) is 95.8 cm³/mol. The summed E-state index contributed by atoms with van der Waals surface area (Å²) in [7, 11) is 4.18. The second-order valence-electron chi connectivity index (χ2n) is 6.33. The van der Waals surface area contributed by atoms with Gasteiger partial charge in [-0.25, -0.2) is 9.97 Å². The monoisotopic (exact) mass is 297 g/mol. The smallest absolute Gasteiger partial charge is 0.126 e. The number of hydrogen-bond acceptors (Lipinski definition) is 3. The molecule has 0 saturated carbocycles. The highest BCUT2D eigenvalue weighted by atomic mass is 15.1. The summed E-state index contributed by atoms with van der Waals surface area (Å²) in [5.74, 6) is 0.838. The van der Waals surface area contributed by atoms with Crippen LogP contribution in [-0.4, -0.2) is 24.1 Å². The fraction of sp³-hybridized carbons (Fsp3) is 0.474. The van der Waals surface area contributed by atoms with Crippen molar-refractivity contribution in [3.05, 3.63) is 41.9 Å². The molecule has 0 N–H and O–H groups in total. The molecule has 0 amide bonds. The van der Waals surface area contributed by atoms with E-state index in [4.69, 9.17) is 0 Å². The van der Waals surface area contributed by atoms with Crippen LogP contribution in [0.3, 0.4) is 0 Å². The lowest BCUT2D eigenvalue weighted by Gasteiger charge is -2.30. The largest absolute Gasteiger partial charge is 0.377 e. The molecule has 0 saturated heterocycles. The summed E-state index contributed by atoms with van der Waals surface area (Å²) in [5, 5.41) is 1.16. The molecule has 1 unspecified atom stereocenters. The number of hydrogen-bond donors (Lipinski definition) is 0. The molecule has 1 heterocycles. The van der Waals surface area contributed by atoms with E-state index in [-0.39, 0.29) is 5.41 Å². The number of aryl methyl sites for hydroxylation is 2. The van der Waals surface area contributed by atoms with Crippen molar-refractivity contribution in [3.8, 4) is 0 Å². The van der Waals surface area contributed by atoms with Crippen LogP contribution >= 0.6 is 0 Å². The zero-order valence-corrected chi connectivity index (χ0v) is 14.7. The Kier molecular flexibility index (Phi) is 4.55. The molecule has 1 atom stereocenters. The summed E-state index contributed by atoms with van der Waals surface area (Å²) in [6, 6.07) is 4.46. The normalized spacial score (nSPS) is 13.9. The van der Waals surface area contributed by atoms with Crippen LogP contribution in [0, 0.1) is 6.92 Å². The molecule has 1 aromatic carbocycles. The Hall–Kier alpha value is -1.90. The molecule has 0 fully saturated rings. The highest BCUT2D eigenvalue weighted by Gasteiger charge is 2.26. The zero-order valence-electron chi connectivity index (χ0n) is 14.7. The number of benzene rings is 1. The molecule has 3 heteroatoms. The number of aromatic nitrogens is 2. The molecule has 22 heavy (non-hydrogen) atoms. The van der Waals surface area contributed by atoms with Gasteiger partial charge in [-0.2, -0.15) is 0 Å². The minimum atomic E-state index is -0.0565. The molecule has 0 aliphatic heterocycles. The summed E-state index contributed by atoms with van der Waals surface area (Å²) in [5.41, 5.74) is 4.60. The van der Waals surface area contributed by atoms with E-state index in [1.165, 1.54) is 11.3 Å². The van der Waals surface area contributed by atoms with Crippen molar-refractivity contribution in [1.82, 2.24) is 9.97 Å². The van der Waals surface area contributed by atoms with E-state index in [9.17, 15) is 0 Å². The Morgan fingerprint density at radius 1 is 1.23 bits per heavy atom. The van der Waals surface area contributed by atoms with Crippen molar-refractivity contribution >= 4 is 16.6 Å². The number of rotatable bonds is 5. The van der Waals surface area contributed by atoms with Crippen LogP contribution in [0.2, 0.25) is 0 Å². The molecule has 0 bridgehead atoms. The number of fused-ring (bicyclic) bond motifs is 1. The van der Waals surface area contributed by atoms with Crippen molar-refractivity contribution in [2.45, 2.75) is 46.0 Å². The first-order valence-electron chi connectivity index (χ1n) is 7.99. The van der Waals surface area contributed by atoms with Crippen molar-refractivity contribution in [2.24, 2.45) is 0 Å². The van der Waals surface area contributed by atoms with E-state index in [1.54, 1.807) is 0 Å². The third-order valence-corrected chi connectivity index (χ3v) is 4.62. The molecule has 2 rings (SSSR count). The summed E-state index contributed by atoms with van der Waals surface area (Å²) in [6.07, 6.45) is 3.97. The summed E-state index contributed by atoms with van der Waals surface area (Å²) in [4.78, 5) is 11.4. The number of nitrogens with zero attached hydrogens (tertiary/aromatic N) is 3. The summed E-state index contributed by atoms with van der Waals surface area (Å²) >= 11 is 0. The first-order chi connectivity index (χ1) is 10.4. The Labute approximate surface area is 134 Å². The maximum Gasteiger partial charge on any atom is 0.126 e. The Morgan fingerprint density at radius 2 is 1.91 bits per heavy atom. The molecular formula is C19H27N3. The summed E-state index contributed by atoms with van der Waals surface area (Å²) < 4.78 is 0. The van der Waals surface area contributed by atoms with Gasteiger partial charge < -0.3 is 4.90 Å². The predicted octanol–water partition coefficient (Wildman–Crippen LogP) is 4.42. The molecular weight excluding hydrogens is 270 g/mol. The average Bonchev–Trinajstić information content (AvgIpc) is 2.51. The van der Waals surface area contributed by atoms with E-state index < -0.39 is 0 Å². The molecule has 0 aliphatic rings. The van der Waals surface area contributed by atoms with Crippen LogP contribution in [0.25, 0.3) is 10.9 Å². The van der Waals surface area contributed by atoms with Crippen molar-refractivity contribution < 1.29 is 0 Å². The van der Waals surface area contributed by atoms with E-state index in [1.807, 2.05) is 6.92 Å². The number of allylic oxidation sites excluding steroid dienone is 1. The van der Waals surface area contributed by atoms with Gasteiger partial charge in [0.15, 0.2) is 0 Å². The van der Waals surface area contributed by atoms with Crippen molar-refractivity contribution in [2.75, 3.05) is 19.0 Å². The van der Waals surface area contributed by atoms with Gasteiger partial charge in [0.1, 0.15) is 5.82 Å². The molecule has 118 valence electrons. The lowest BCUT2D eigenvalue weighted by Crippen LogP contribution is -2.22. The number of anilines is 1. The lowest BCUT2D eigenvalue weighted by molar-refractivity contribution is 0.574. The summed E-state index contributed by atoms with van der Waals surface area (Å²) in [6.45, 7) is 12.6. The molecule has 1 aromatic heterocycles. The molecule has 3 nitrogen and oxygen atoms in total. The quantitative estimate of drug-likeness (QED) is 0.765. The highest BCUT2D eigenvalue weighted by Crippen LogP contribution is 2.38. The van der Waals surface area contributed by atoms with Gasteiger partial charge in [-0.15, -0.1) is 6.58 Å². The Balaban J connectivity index is 2.87. The van der Waals surface area contributed by atoms with Gasteiger partial charge in [0.05, 0.1) is 11.2 Å². The van der Waals surface area contributed by atoms with Gasteiger partial charge in [-0.3, -0.25) is 0 Å². The second kappa shape index (κ2) is 6.07. The lowest BCUT2D eigenvalue weighted by atomic mass is 9.78. The van der Waals surface area contributed by atoms with E-state index in [2.05, 4.69) is 74.5 Å². The van der Waals surface area contributed by atoms with Crippen LogP contribution in [0.4, 0.5) is 5.69 Å². The minimum absolute atomic E-state index is 0.0565. The minimum Gasteiger partial charge on any atom is -0.377 e. The molecule has 0 aliphatic carbocycles. The van der Waals surface area contributed by atoms with E-state index >= 15 is 0 Å². The van der Waals surface area contributed by atoms with Gasteiger partial charge in [-0.1, -0.05) is 26.8 Å². The zero-order chi connectivity index (χ0) is 16.5. The van der Waals surface area contributed by atoms with Crippen LogP contribution in [0.1, 0.15) is 44.3 Å². The second-order valence-corrected chi connectivity index (χ2v) is 6.33. The maximum absolute atomic E-state index is 4.66. The maximum atomic E-state index is 4.66. The fourth-order valence-electron chi connectivity index (χ4n) is 2.90. The fourth-order valence-corrected chi connectivity index (χ4v) is 2.90. The van der Waals surface area contributed by atoms with Crippen LogP contribution in [0.5, 0.6) is 0 Å². The van der Waals surface area contributed by atoms with Gasteiger partial charge in [0.25, 0.3) is 0 Å². The van der Waals surface area contributed by atoms with E-state index in [0.29, 0.717) is 0 Å². The van der Waals surface area contributed by atoms with Gasteiger partial charge >= 0.3 is 0 Å². The van der Waals surface area contributed by atoms with Crippen LogP contribution < -0.4 is 4.90 Å². The third-order valence-electron chi connectivity index (χ3n) is 4.62. The first-order valence-corrected chi connectivity index (χ1v) is 7.99. The molecule has 0 radical (unpaired) electrons. The average molecular weight is 297 g/mol. The van der Waals surface area contributed by atoms with E-state index in [0.717, 1.165) is 35.3 Å². The van der Waals surface area contributed by atoms with Crippen LogP contribution in [0.15, 0.2) is 24.8 Å². The molecule has 0 spiro atoms. The molecule has 2 aromatic rings. The van der Waals surface area contributed by atoms with Gasteiger partial charge in [0.2, 0.25) is 0 Å². The van der Waals surface area contributed by atoms with Gasteiger partial charge in [-0.05, 0) is 37.5 Å². The first kappa shape index (κ1) is 16.5. The third kappa shape index (κ3) is 2.72. The SMILES string of the molecule is C=CC(C)(CC)c1cc2nc(C)nc(CC)c2cc1N(C)C. The van der Waals surface area contributed by atoms with Crippen molar-refractivity contribution in [3.63, 3.8) is 0 Å². The Bertz CT molecular complexity index is 703. The Morgan fingerprint density at radius 3 is 2.41 bits per heavy atom. The van der Waals surface area contributed by atoms with Crippen molar-refractivity contribution in [1.29, 1.82) is 0 Å². The standard InChI is InChI=1S/C19H27N3/c1-8-16-14-11-18(22(6)7)15(19(5,9-2)10-3)12-17(14)21-13(4)20-16/h9,11-12H,2,8,10H2,1,3-7H3. The van der Waals surface area contributed by atoms with Crippen LogP contribution in [-0.2, 0) is 11.8 Å². The van der Waals surface area contributed by atoms with Gasteiger partial charge in [0, 0.05) is 30.6 Å².